The lowest BCUT2D eigenvalue weighted by Crippen LogP contribution is -2.67. The van der Waals surface area contributed by atoms with Gasteiger partial charge in [-0.1, -0.05) is 13.8 Å². The van der Waals surface area contributed by atoms with Crippen molar-refractivity contribution in [2.45, 2.75) is 206 Å². The fourth-order valence-electron chi connectivity index (χ4n) is 14.1. The Bertz CT molecular complexity index is 1510. The third kappa shape index (κ3) is 6.83. The van der Waals surface area contributed by atoms with Crippen LogP contribution in [-0.2, 0) is 38.1 Å². The second-order valence-corrected chi connectivity index (χ2v) is 22.1. The van der Waals surface area contributed by atoms with Crippen molar-refractivity contribution in [1.82, 2.24) is 0 Å². The number of ether oxygens (including phenoxy) is 4. The zero-order valence-corrected chi connectivity index (χ0v) is 34.6. The van der Waals surface area contributed by atoms with Crippen LogP contribution in [0.4, 0.5) is 0 Å². The Morgan fingerprint density at radius 3 is 1.74 bits per heavy atom. The molecule has 0 aromatic heterocycles. The smallest absolute Gasteiger partial charge is 0.312 e. The molecule has 0 aromatic carbocycles. The molecule has 0 aromatic rings. The molecule has 0 amide bonds. The number of cyclic esters (lactones) is 1. The highest BCUT2D eigenvalue weighted by atomic mass is 16.6. The number of rotatable bonds is 13. The Morgan fingerprint density at radius 1 is 0.722 bits per heavy atom. The summed E-state index contributed by atoms with van der Waals surface area (Å²) in [5, 5.41) is 23.0. The molecule has 0 spiro atoms. The van der Waals surface area contributed by atoms with Crippen LogP contribution in [0.25, 0.3) is 0 Å². The zero-order valence-electron chi connectivity index (χ0n) is 34.6. The number of hydrogen-bond acceptors (Lipinski definition) is 10. The van der Waals surface area contributed by atoms with E-state index in [1.807, 2.05) is 13.8 Å². The molecule has 1 saturated heterocycles. The Kier molecular flexibility index (Phi) is 9.37. The molecule has 10 nitrogen and oxygen atoms in total. The number of hydrogen-bond donors (Lipinski definition) is 2. The van der Waals surface area contributed by atoms with Gasteiger partial charge in [0.1, 0.15) is 16.8 Å². The van der Waals surface area contributed by atoms with Crippen LogP contribution < -0.4 is 0 Å². The summed E-state index contributed by atoms with van der Waals surface area (Å²) in [6.07, 6.45) is 9.98. The monoisotopic (exact) mass is 756 g/mol. The number of carbonyl (C=O) groups is 4. The highest BCUT2D eigenvalue weighted by Crippen LogP contribution is 2.66. The van der Waals surface area contributed by atoms with Gasteiger partial charge in [-0.2, -0.15) is 0 Å². The summed E-state index contributed by atoms with van der Waals surface area (Å²) in [4.78, 5) is 56.0. The van der Waals surface area contributed by atoms with Gasteiger partial charge in [-0.3, -0.25) is 19.2 Å². The summed E-state index contributed by atoms with van der Waals surface area (Å²) < 4.78 is 24.8. The summed E-state index contributed by atoms with van der Waals surface area (Å²) in [5.41, 5.74) is -8.64. The molecule has 9 rings (SSSR count). The van der Waals surface area contributed by atoms with Gasteiger partial charge in [-0.05, 0) is 156 Å². The lowest BCUT2D eigenvalue weighted by atomic mass is 9.45. The molecule has 9 aliphatic rings. The first kappa shape index (κ1) is 40.0. The molecule has 8 saturated carbocycles. The summed E-state index contributed by atoms with van der Waals surface area (Å²) in [6.45, 7) is 16.7. The van der Waals surface area contributed by atoms with E-state index in [1.165, 1.54) is 19.3 Å². The minimum Gasteiger partial charge on any atom is -0.458 e. The Labute approximate surface area is 322 Å². The van der Waals surface area contributed by atoms with Crippen molar-refractivity contribution >= 4 is 23.9 Å². The third-order valence-electron chi connectivity index (χ3n) is 16.1. The molecule has 8 bridgehead atoms. The van der Waals surface area contributed by atoms with Gasteiger partial charge in [-0.15, -0.1) is 0 Å². The van der Waals surface area contributed by atoms with Crippen LogP contribution in [0, 0.1) is 45.3 Å². The lowest BCUT2D eigenvalue weighted by molar-refractivity contribution is -0.265. The summed E-state index contributed by atoms with van der Waals surface area (Å²) in [5.74, 6) is 0.227. The van der Waals surface area contributed by atoms with E-state index in [9.17, 15) is 29.4 Å². The maximum atomic E-state index is 15.0. The van der Waals surface area contributed by atoms with Crippen LogP contribution in [0.15, 0.2) is 0 Å². The van der Waals surface area contributed by atoms with Crippen LogP contribution in [0.2, 0.25) is 0 Å². The molecule has 54 heavy (non-hydrogen) atoms. The average Bonchev–Trinajstić information content (AvgIpc) is 3.27. The molecular formula is C44H68O10. The quantitative estimate of drug-likeness (QED) is 0.143. The van der Waals surface area contributed by atoms with Gasteiger partial charge < -0.3 is 29.2 Å². The SMILES string of the molecule is CCC(C)(CC(C)(CC(C)(C)C(=O)OC1CC(=O)OC1(C)C)C(=O)OC12CC3CC(O)(CC(O)(C3)C1)C2)C(=O)OC(C)(CC)C12CC3CC(CC(C3)C1)C2. The normalized spacial score (nSPS) is 42.1. The van der Waals surface area contributed by atoms with Crippen molar-refractivity contribution in [1.29, 1.82) is 0 Å². The lowest BCUT2D eigenvalue weighted by Gasteiger charge is -2.62. The Balaban J connectivity index is 1.17. The van der Waals surface area contributed by atoms with Gasteiger partial charge in [0.15, 0.2) is 6.10 Å². The van der Waals surface area contributed by atoms with E-state index in [2.05, 4.69) is 13.8 Å². The van der Waals surface area contributed by atoms with E-state index in [-0.39, 0.29) is 55.8 Å². The van der Waals surface area contributed by atoms with Crippen molar-refractivity contribution in [2.75, 3.05) is 0 Å². The largest absolute Gasteiger partial charge is 0.458 e. The molecule has 6 atom stereocenters. The van der Waals surface area contributed by atoms with E-state index in [1.54, 1.807) is 34.6 Å². The van der Waals surface area contributed by atoms with Crippen LogP contribution in [0.5, 0.6) is 0 Å². The molecule has 0 radical (unpaired) electrons. The van der Waals surface area contributed by atoms with E-state index in [0.717, 1.165) is 19.3 Å². The van der Waals surface area contributed by atoms with Gasteiger partial charge in [0.2, 0.25) is 0 Å². The first-order valence-electron chi connectivity index (χ1n) is 21.2. The summed E-state index contributed by atoms with van der Waals surface area (Å²) >= 11 is 0. The molecule has 1 heterocycles. The van der Waals surface area contributed by atoms with Crippen molar-refractivity contribution in [3.8, 4) is 0 Å². The van der Waals surface area contributed by atoms with Crippen LogP contribution in [0.3, 0.4) is 0 Å². The zero-order chi connectivity index (χ0) is 39.5. The van der Waals surface area contributed by atoms with E-state index in [4.69, 9.17) is 18.9 Å². The van der Waals surface area contributed by atoms with Crippen LogP contribution in [0.1, 0.15) is 171 Å². The fraction of sp³-hybridized carbons (Fsp3) is 0.909. The molecule has 2 N–H and O–H groups in total. The van der Waals surface area contributed by atoms with E-state index >= 15 is 0 Å². The Hall–Kier alpha value is -2.20. The molecule has 304 valence electrons. The minimum absolute atomic E-state index is 0.00342. The molecule has 10 heteroatoms. The molecule has 6 unspecified atom stereocenters. The molecular weight excluding hydrogens is 688 g/mol. The first-order chi connectivity index (χ1) is 24.8. The van der Waals surface area contributed by atoms with Gasteiger partial charge >= 0.3 is 23.9 Å². The summed E-state index contributed by atoms with van der Waals surface area (Å²) in [6, 6.07) is 0. The van der Waals surface area contributed by atoms with E-state index in [0.29, 0.717) is 49.9 Å². The predicted molar refractivity (Wildman–Crippen MR) is 199 cm³/mol. The van der Waals surface area contributed by atoms with Gasteiger partial charge in [0.25, 0.3) is 0 Å². The topological polar surface area (TPSA) is 146 Å². The maximum Gasteiger partial charge on any atom is 0.312 e. The number of aliphatic hydroxyl groups is 2. The van der Waals surface area contributed by atoms with Gasteiger partial charge in [0, 0.05) is 24.7 Å². The fourth-order valence-corrected chi connectivity index (χ4v) is 14.1. The van der Waals surface area contributed by atoms with Crippen molar-refractivity contribution in [3.63, 3.8) is 0 Å². The van der Waals surface area contributed by atoms with Gasteiger partial charge in [0.05, 0.1) is 33.9 Å². The molecule has 8 aliphatic carbocycles. The molecule has 9 fully saturated rings. The van der Waals surface area contributed by atoms with E-state index < -0.39 is 68.3 Å². The molecule has 1 aliphatic heterocycles. The second-order valence-electron chi connectivity index (χ2n) is 22.1. The van der Waals surface area contributed by atoms with Crippen LogP contribution >= 0.6 is 0 Å². The third-order valence-corrected chi connectivity index (χ3v) is 16.1. The summed E-state index contributed by atoms with van der Waals surface area (Å²) in [7, 11) is 0. The van der Waals surface area contributed by atoms with Crippen LogP contribution in [-0.4, -0.2) is 68.2 Å². The number of carbonyl (C=O) groups excluding carboxylic acids is 4. The van der Waals surface area contributed by atoms with Crippen molar-refractivity contribution < 1.29 is 48.3 Å². The van der Waals surface area contributed by atoms with Crippen molar-refractivity contribution in [2.24, 2.45) is 45.3 Å². The van der Waals surface area contributed by atoms with Gasteiger partial charge in [-0.25, -0.2) is 0 Å². The maximum absolute atomic E-state index is 15.0. The standard InChI is InChI=1S/C44H68O10/c1-10-38(7,34(47)53-40(9,11-2)41-16-27-12-28(17-41)14-29(13-27)18-41)23-39(8,22-36(3,4)33(46)51-31-15-32(45)52-37(31,5)6)35(48)54-44-21-30-19-42(49,25-44)24-43(50,20-30)26-44/h27-31,49-50H,10-26H2,1-9H3. The predicted octanol–water partition coefficient (Wildman–Crippen LogP) is 7.52. The number of esters is 4. The highest BCUT2D eigenvalue weighted by molar-refractivity contribution is 5.83. The Morgan fingerprint density at radius 2 is 1.28 bits per heavy atom. The average molecular weight is 757 g/mol. The minimum atomic E-state index is -1.37. The first-order valence-corrected chi connectivity index (χ1v) is 21.2. The highest BCUT2D eigenvalue weighted by Gasteiger charge is 2.66. The van der Waals surface area contributed by atoms with Crippen molar-refractivity contribution in [3.05, 3.63) is 0 Å². The second kappa shape index (κ2) is 12.6.